The van der Waals surface area contributed by atoms with E-state index in [-0.39, 0.29) is 23.2 Å². The average Bonchev–Trinajstić information content (AvgIpc) is 3.23. The Labute approximate surface area is 119 Å². The quantitative estimate of drug-likeness (QED) is 0.843. The van der Waals surface area contributed by atoms with Crippen LogP contribution >= 0.6 is 11.6 Å². The lowest BCUT2D eigenvalue weighted by molar-refractivity contribution is -0.123. The van der Waals surface area contributed by atoms with Crippen molar-refractivity contribution in [2.24, 2.45) is 5.92 Å². The fourth-order valence-corrected chi connectivity index (χ4v) is 3.43. The van der Waals surface area contributed by atoms with Crippen LogP contribution in [0.3, 0.4) is 0 Å². The molecule has 3 heteroatoms. The second kappa shape index (κ2) is 5.54. The van der Waals surface area contributed by atoms with E-state index in [1.54, 1.807) is 0 Å². The van der Waals surface area contributed by atoms with Gasteiger partial charge in [0.1, 0.15) is 0 Å². The summed E-state index contributed by atoms with van der Waals surface area (Å²) in [6.07, 6.45) is 5.41. The molecule has 1 aromatic carbocycles. The normalized spacial score (nSPS) is 33.7. The van der Waals surface area contributed by atoms with Crippen molar-refractivity contribution < 1.29 is 4.79 Å². The molecule has 2 fully saturated rings. The number of amides is 1. The van der Waals surface area contributed by atoms with Crippen molar-refractivity contribution in [3.05, 3.63) is 35.9 Å². The summed E-state index contributed by atoms with van der Waals surface area (Å²) in [7, 11) is 0. The van der Waals surface area contributed by atoms with E-state index >= 15 is 0 Å². The number of rotatable bonds is 3. The van der Waals surface area contributed by atoms with Gasteiger partial charge in [0.15, 0.2) is 0 Å². The molecular weight excluding hydrogens is 258 g/mol. The van der Waals surface area contributed by atoms with Crippen molar-refractivity contribution in [3.8, 4) is 0 Å². The summed E-state index contributed by atoms with van der Waals surface area (Å²) in [5.41, 5.74) is 1.29. The highest BCUT2D eigenvalue weighted by atomic mass is 35.5. The lowest BCUT2D eigenvalue weighted by Gasteiger charge is -2.27. The minimum Gasteiger partial charge on any atom is -0.352 e. The van der Waals surface area contributed by atoms with Gasteiger partial charge in [0.2, 0.25) is 5.91 Å². The van der Waals surface area contributed by atoms with Crippen molar-refractivity contribution in [2.75, 3.05) is 0 Å². The number of benzene rings is 1. The van der Waals surface area contributed by atoms with Gasteiger partial charge in [-0.25, -0.2) is 0 Å². The first kappa shape index (κ1) is 13.0. The van der Waals surface area contributed by atoms with Gasteiger partial charge in [-0.15, -0.1) is 11.6 Å². The molecule has 3 rings (SSSR count). The minimum atomic E-state index is 0.117. The number of carbonyl (C=O) groups is 1. The molecule has 0 radical (unpaired) electrons. The smallest absolute Gasteiger partial charge is 0.224 e. The maximum absolute atomic E-state index is 12.2. The topological polar surface area (TPSA) is 29.1 Å². The van der Waals surface area contributed by atoms with Crippen LogP contribution < -0.4 is 5.32 Å². The molecule has 1 amide bonds. The van der Waals surface area contributed by atoms with Gasteiger partial charge in [-0.1, -0.05) is 43.2 Å². The molecule has 0 saturated heterocycles. The van der Waals surface area contributed by atoms with Crippen LogP contribution in [0.25, 0.3) is 0 Å². The number of carbonyl (C=O) groups excluding carboxylic acids is 1. The van der Waals surface area contributed by atoms with Gasteiger partial charge in [0, 0.05) is 12.0 Å². The zero-order valence-corrected chi connectivity index (χ0v) is 11.8. The molecule has 0 aromatic heterocycles. The highest BCUT2D eigenvalue weighted by molar-refractivity contribution is 6.21. The Morgan fingerprint density at radius 2 is 1.89 bits per heavy atom. The van der Waals surface area contributed by atoms with Crippen LogP contribution in [0.5, 0.6) is 0 Å². The molecule has 0 heterocycles. The summed E-state index contributed by atoms with van der Waals surface area (Å²) in [6, 6.07) is 10.5. The number of halogens is 1. The van der Waals surface area contributed by atoms with Gasteiger partial charge in [-0.05, 0) is 30.7 Å². The van der Waals surface area contributed by atoms with Crippen LogP contribution in [0.1, 0.15) is 43.6 Å². The summed E-state index contributed by atoms with van der Waals surface area (Å²) in [5, 5.41) is 3.28. The number of hydrogen-bond donors (Lipinski definition) is 1. The van der Waals surface area contributed by atoms with Gasteiger partial charge in [0.05, 0.1) is 5.38 Å². The molecule has 1 aromatic rings. The third-order valence-corrected chi connectivity index (χ3v) is 4.89. The summed E-state index contributed by atoms with van der Waals surface area (Å²) < 4.78 is 0. The monoisotopic (exact) mass is 277 g/mol. The van der Waals surface area contributed by atoms with E-state index in [1.165, 1.54) is 18.4 Å². The maximum Gasteiger partial charge on any atom is 0.224 e. The highest BCUT2D eigenvalue weighted by Crippen LogP contribution is 2.47. The van der Waals surface area contributed by atoms with Crippen molar-refractivity contribution in [1.29, 1.82) is 0 Å². The van der Waals surface area contributed by atoms with Crippen LogP contribution in [0.2, 0.25) is 0 Å². The molecule has 0 bridgehead atoms. The molecular formula is C16H20ClNO. The first-order valence-electron chi connectivity index (χ1n) is 7.25. The van der Waals surface area contributed by atoms with Gasteiger partial charge in [-0.3, -0.25) is 4.79 Å². The lowest BCUT2D eigenvalue weighted by Crippen LogP contribution is -2.43. The van der Waals surface area contributed by atoms with Crippen LogP contribution in [0.4, 0.5) is 0 Å². The SMILES string of the molecule is O=C(NC1CCCCC1Cl)C1CC1c1ccccc1. The zero-order chi connectivity index (χ0) is 13.2. The molecule has 2 saturated carbocycles. The minimum absolute atomic E-state index is 0.117. The molecule has 2 aliphatic carbocycles. The Kier molecular flexibility index (Phi) is 3.79. The van der Waals surface area contributed by atoms with Crippen molar-refractivity contribution >= 4 is 17.5 Å². The Morgan fingerprint density at radius 3 is 2.63 bits per heavy atom. The Balaban J connectivity index is 1.55. The van der Waals surface area contributed by atoms with Gasteiger partial charge < -0.3 is 5.32 Å². The van der Waals surface area contributed by atoms with E-state index in [2.05, 4.69) is 17.4 Å². The van der Waals surface area contributed by atoms with E-state index in [4.69, 9.17) is 11.6 Å². The second-order valence-corrected chi connectivity index (χ2v) is 6.34. The first-order chi connectivity index (χ1) is 9.25. The van der Waals surface area contributed by atoms with Crippen molar-refractivity contribution in [3.63, 3.8) is 0 Å². The highest BCUT2D eigenvalue weighted by Gasteiger charge is 2.44. The largest absolute Gasteiger partial charge is 0.352 e. The first-order valence-corrected chi connectivity index (χ1v) is 7.69. The van der Waals surface area contributed by atoms with E-state index in [1.807, 2.05) is 18.2 Å². The van der Waals surface area contributed by atoms with E-state index in [9.17, 15) is 4.79 Å². The predicted octanol–water partition coefficient (Wildman–Crippen LogP) is 3.46. The van der Waals surface area contributed by atoms with Crippen LogP contribution in [0.15, 0.2) is 30.3 Å². The summed E-state index contributed by atoms with van der Waals surface area (Å²) >= 11 is 6.29. The second-order valence-electron chi connectivity index (χ2n) is 5.77. The molecule has 0 aliphatic heterocycles. The van der Waals surface area contributed by atoms with Crippen molar-refractivity contribution in [2.45, 2.75) is 49.4 Å². The zero-order valence-electron chi connectivity index (χ0n) is 11.0. The third kappa shape index (κ3) is 2.94. The number of alkyl halides is 1. The molecule has 0 spiro atoms. The Morgan fingerprint density at radius 1 is 1.16 bits per heavy atom. The van der Waals surface area contributed by atoms with Crippen molar-refractivity contribution in [1.82, 2.24) is 5.32 Å². The maximum atomic E-state index is 12.2. The Hall–Kier alpha value is -1.02. The molecule has 4 atom stereocenters. The molecule has 2 aliphatic rings. The molecule has 4 unspecified atom stereocenters. The molecule has 19 heavy (non-hydrogen) atoms. The fourth-order valence-electron chi connectivity index (χ4n) is 3.09. The summed E-state index contributed by atoms with van der Waals surface area (Å²) in [4.78, 5) is 12.2. The van der Waals surface area contributed by atoms with Gasteiger partial charge in [0.25, 0.3) is 0 Å². The van der Waals surface area contributed by atoms with Crippen LogP contribution in [0, 0.1) is 5.92 Å². The van der Waals surface area contributed by atoms with E-state index in [0.717, 1.165) is 19.3 Å². The fraction of sp³-hybridized carbons (Fsp3) is 0.562. The summed E-state index contributed by atoms with van der Waals surface area (Å²) in [5.74, 6) is 0.776. The predicted molar refractivity (Wildman–Crippen MR) is 77.3 cm³/mol. The third-order valence-electron chi connectivity index (χ3n) is 4.36. The van der Waals surface area contributed by atoms with Gasteiger partial charge >= 0.3 is 0 Å². The van der Waals surface area contributed by atoms with Crippen LogP contribution in [-0.4, -0.2) is 17.3 Å². The molecule has 1 N–H and O–H groups in total. The Bertz CT molecular complexity index is 447. The molecule has 102 valence electrons. The van der Waals surface area contributed by atoms with E-state index < -0.39 is 0 Å². The van der Waals surface area contributed by atoms with E-state index in [0.29, 0.717) is 5.92 Å². The van der Waals surface area contributed by atoms with Crippen LogP contribution in [-0.2, 0) is 4.79 Å². The average molecular weight is 278 g/mol. The number of hydrogen-bond acceptors (Lipinski definition) is 1. The lowest BCUT2D eigenvalue weighted by atomic mass is 9.94. The van der Waals surface area contributed by atoms with Gasteiger partial charge in [-0.2, -0.15) is 0 Å². The molecule has 2 nitrogen and oxygen atoms in total. The standard InChI is InChI=1S/C16H20ClNO/c17-14-8-4-5-9-15(14)18-16(19)13-10-12(13)11-6-2-1-3-7-11/h1-3,6-7,12-15H,4-5,8-10H2,(H,18,19). The number of nitrogens with one attached hydrogen (secondary N) is 1. The summed E-state index contributed by atoms with van der Waals surface area (Å²) in [6.45, 7) is 0.